The molecule has 0 spiro atoms. The van der Waals surface area contributed by atoms with Crippen LogP contribution in [0.15, 0.2) is 53.1 Å². The zero-order valence-corrected chi connectivity index (χ0v) is 15.3. The van der Waals surface area contributed by atoms with Gasteiger partial charge in [-0.2, -0.15) is 4.98 Å². The Balaban J connectivity index is 1.54. The van der Waals surface area contributed by atoms with Crippen molar-refractivity contribution in [2.24, 2.45) is 0 Å². The third-order valence-electron chi connectivity index (χ3n) is 3.71. The van der Waals surface area contributed by atoms with Crippen LogP contribution in [0.2, 0.25) is 5.02 Å². The van der Waals surface area contributed by atoms with Gasteiger partial charge in [0.15, 0.2) is 0 Å². The van der Waals surface area contributed by atoms with E-state index in [2.05, 4.69) is 20.8 Å². The van der Waals surface area contributed by atoms with Crippen LogP contribution in [0, 0.1) is 0 Å². The molecule has 0 radical (unpaired) electrons. The van der Waals surface area contributed by atoms with E-state index in [1.807, 2.05) is 6.92 Å². The van der Waals surface area contributed by atoms with Crippen molar-refractivity contribution in [3.8, 4) is 11.4 Å². The smallest absolute Gasteiger partial charge is 0.251 e. The van der Waals surface area contributed by atoms with Gasteiger partial charge in [-0.15, -0.1) is 0 Å². The molecule has 27 heavy (non-hydrogen) atoms. The van der Waals surface area contributed by atoms with Crippen molar-refractivity contribution in [3.63, 3.8) is 0 Å². The van der Waals surface area contributed by atoms with E-state index < -0.39 is 0 Å². The van der Waals surface area contributed by atoms with E-state index >= 15 is 0 Å². The number of nitrogens with zero attached hydrogens (tertiary/aromatic N) is 2. The van der Waals surface area contributed by atoms with Gasteiger partial charge in [-0.1, -0.05) is 35.8 Å². The maximum absolute atomic E-state index is 12.2. The monoisotopic (exact) mass is 384 g/mol. The number of amides is 2. The molecule has 2 N–H and O–H groups in total. The predicted molar refractivity (Wildman–Crippen MR) is 102 cm³/mol. The van der Waals surface area contributed by atoms with Crippen molar-refractivity contribution >= 4 is 29.1 Å². The van der Waals surface area contributed by atoms with E-state index in [0.717, 1.165) is 5.56 Å². The molecule has 7 nitrogen and oxygen atoms in total. The molecule has 0 aliphatic carbocycles. The Morgan fingerprint density at radius 2 is 1.78 bits per heavy atom. The highest BCUT2D eigenvalue weighted by molar-refractivity contribution is 6.30. The number of carbonyl (C=O) groups excluding carboxylic acids is 2. The second-order valence-corrected chi connectivity index (χ2v) is 6.12. The Hall–Kier alpha value is -3.19. The lowest BCUT2D eigenvalue weighted by atomic mass is 10.1. The third-order valence-corrected chi connectivity index (χ3v) is 3.97. The molecule has 0 aliphatic heterocycles. The van der Waals surface area contributed by atoms with Gasteiger partial charge in [0.25, 0.3) is 5.91 Å². The summed E-state index contributed by atoms with van der Waals surface area (Å²) in [5, 5.41) is 9.72. The molecule has 0 saturated carbocycles. The Bertz CT molecular complexity index is 936. The van der Waals surface area contributed by atoms with Crippen molar-refractivity contribution in [2.75, 3.05) is 11.9 Å². The summed E-state index contributed by atoms with van der Waals surface area (Å²) < 4.78 is 5.07. The van der Waals surface area contributed by atoms with Crippen LogP contribution in [0.25, 0.3) is 11.4 Å². The van der Waals surface area contributed by atoms with E-state index in [9.17, 15) is 9.59 Å². The van der Waals surface area contributed by atoms with Gasteiger partial charge in [0.05, 0.1) is 6.54 Å². The van der Waals surface area contributed by atoms with Crippen molar-refractivity contribution in [1.29, 1.82) is 0 Å². The fraction of sp³-hybridized carbons (Fsp3) is 0.158. The first-order valence-electron chi connectivity index (χ1n) is 8.32. The van der Waals surface area contributed by atoms with Crippen molar-refractivity contribution in [1.82, 2.24) is 15.5 Å². The number of halogens is 1. The summed E-state index contributed by atoms with van der Waals surface area (Å²) in [6.07, 6.45) is 0.658. The first kappa shape index (κ1) is 18.6. The number of benzene rings is 2. The molecule has 1 heterocycles. The molecular weight excluding hydrogens is 368 g/mol. The first-order valence-corrected chi connectivity index (χ1v) is 8.69. The van der Waals surface area contributed by atoms with Crippen LogP contribution in [0.1, 0.15) is 23.2 Å². The second kappa shape index (κ2) is 8.46. The number of anilines is 1. The van der Waals surface area contributed by atoms with Crippen LogP contribution in [-0.2, 0) is 11.2 Å². The quantitative estimate of drug-likeness (QED) is 0.679. The molecule has 8 heteroatoms. The van der Waals surface area contributed by atoms with Gasteiger partial charge in [0.2, 0.25) is 17.6 Å². The lowest BCUT2D eigenvalue weighted by Gasteiger charge is -2.07. The Morgan fingerprint density at radius 1 is 1.07 bits per heavy atom. The van der Waals surface area contributed by atoms with E-state index in [1.54, 1.807) is 48.5 Å². The SMILES string of the molecule is CCc1nc(-c2ccc(C(=O)NCC(=O)Nc3ccc(Cl)cc3)cc2)no1. The summed E-state index contributed by atoms with van der Waals surface area (Å²) in [5.41, 5.74) is 1.78. The summed E-state index contributed by atoms with van der Waals surface area (Å²) >= 11 is 5.79. The number of aryl methyl sites for hydroxylation is 1. The van der Waals surface area contributed by atoms with Gasteiger partial charge in [0, 0.05) is 28.3 Å². The number of rotatable bonds is 6. The summed E-state index contributed by atoms with van der Waals surface area (Å²) in [5.74, 6) is 0.344. The van der Waals surface area contributed by atoms with Gasteiger partial charge in [-0.05, 0) is 36.4 Å². The zero-order chi connectivity index (χ0) is 19.2. The fourth-order valence-corrected chi connectivity index (χ4v) is 2.41. The number of nitrogens with one attached hydrogen (secondary N) is 2. The minimum atomic E-state index is -0.352. The van der Waals surface area contributed by atoms with Gasteiger partial charge in [0.1, 0.15) is 0 Å². The predicted octanol–water partition coefficient (Wildman–Crippen LogP) is 3.32. The first-order chi connectivity index (χ1) is 13.0. The molecule has 0 saturated heterocycles. The topological polar surface area (TPSA) is 97.1 Å². The van der Waals surface area contributed by atoms with Gasteiger partial charge in [-0.3, -0.25) is 9.59 Å². The van der Waals surface area contributed by atoms with Crippen LogP contribution >= 0.6 is 11.6 Å². The average Bonchev–Trinajstić information content (AvgIpc) is 3.17. The fourth-order valence-electron chi connectivity index (χ4n) is 2.29. The number of hydrogen-bond acceptors (Lipinski definition) is 5. The number of carbonyl (C=O) groups is 2. The molecule has 0 unspecified atom stereocenters. The molecule has 2 aromatic carbocycles. The highest BCUT2D eigenvalue weighted by atomic mass is 35.5. The molecule has 1 aromatic heterocycles. The van der Waals surface area contributed by atoms with E-state index in [4.69, 9.17) is 16.1 Å². The minimum absolute atomic E-state index is 0.145. The van der Waals surface area contributed by atoms with Crippen LogP contribution in [0.5, 0.6) is 0 Å². The summed E-state index contributed by atoms with van der Waals surface area (Å²) in [4.78, 5) is 28.3. The van der Waals surface area contributed by atoms with Crippen LogP contribution in [-0.4, -0.2) is 28.5 Å². The highest BCUT2D eigenvalue weighted by Crippen LogP contribution is 2.17. The lowest BCUT2D eigenvalue weighted by Crippen LogP contribution is -2.32. The molecule has 3 rings (SSSR count). The number of aromatic nitrogens is 2. The van der Waals surface area contributed by atoms with E-state index in [1.165, 1.54) is 0 Å². The Kier molecular flexibility index (Phi) is 5.83. The van der Waals surface area contributed by atoms with Crippen molar-refractivity contribution in [3.05, 3.63) is 65.0 Å². The summed E-state index contributed by atoms with van der Waals surface area (Å²) in [7, 11) is 0. The largest absolute Gasteiger partial charge is 0.343 e. The zero-order valence-electron chi connectivity index (χ0n) is 14.5. The van der Waals surface area contributed by atoms with Crippen molar-refractivity contribution in [2.45, 2.75) is 13.3 Å². The second-order valence-electron chi connectivity index (χ2n) is 5.68. The van der Waals surface area contributed by atoms with Gasteiger partial charge < -0.3 is 15.2 Å². The molecule has 3 aromatic rings. The lowest BCUT2D eigenvalue weighted by molar-refractivity contribution is -0.115. The molecule has 0 aliphatic rings. The Morgan fingerprint density at radius 3 is 2.41 bits per heavy atom. The maximum atomic E-state index is 12.2. The van der Waals surface area contributed by atoms with E-state index in [0.29, 0.717) is 34.4 Å². The van der Waals surface area contributed by atoms with Crippen LogP contribution < -0.4 is 10.6 Å². The molecule has 2 amide bonds. The number of hydrogen-bond donors (Lipinski definition) is 2. The van der Waals surface area contributed by atoms with Crippen LogP contribution in [0.4, 0.5) is 5.69 Å². The Labute approximate surface area is 160 Å². The normalized spacial score (nSPS) is 10.4. The maximum Gasteiger partial charge on any atom is 0.251 e. The van der Waals surface area contributed by atoms with Gasteiger partial charge >= 0.3 is 0 Å². The molecule has 0 fully saturated rings. The molecule has 138 valence electrons. The van der Waals surface area contributed by atoms with E-state index in [-0.39, 0.29) is 18.4 Å². The van der Waals surface area contributed by atoms with Crippen LogP contribution in [0.3, 0.4) is 0 Å². The summed E-state index contributed by atoms with van der Waals surface area (Å²) in [6.45, 7) is 1.78. The van der Waals surface area contributed by atoms with Crippen molar-refractivity contribution < 1.29 is 14.1 Å². The standard InChI is InChI=1S/C19H17ClN4O3/c1-2-17-23-18(24-27-17)12-3-5-13(6-4-12)19(26)21-11-16(25)22-15-9-7-14(20)8-10-15/h3-10H,2,11H2,1H3,(H,21,26)(H,22,25). The molecular formula is C19H17ClN4O3. The molecule has 0 atom stereocenters. The summed E-state index contributed by atoms with van der Waals surface area (Å²) in [6, 6.07) is 13.5. The highest BCUT2D eigenvalue weighted by Gasteiger charge is 2.11. The van der Waals surface area contributed by atoms with Gasteiger partial charge in [-0.25, -0.2) is 0 Å². The minimum Gasteiger partial charge on any atom is -0.343 e. The average molecular weight is 385 g/mol. The molecule has 0 bridgehead atoms. The third kappa shape index (κ3) is 4.92.